The molecule has 33 heavy (non-hydrogen) atoms. The zero-order valence-corrected chi connectivity index (χ0v) is 18.1. The van der Waals surface area contributed by atoms with Gasteiger partial charge in [0.05, 0.1) is 20.6 Å². The van der Waals surface area contributed by atoms with E-state index in [9.17, 15) is 24.6 Å². The number of ether oxygens (including phenoxy) is 2. The number of aromatic hydroxyl groups is 2. The lowest BCUT2D eigenvalue weighted by Gasteiger charge is -2.13. The molecule has 0 spiro atoms. The number of carboxylic acid groups (broad SMARTS) is 1. The fourth-order valence-electron chi connectivity index (χ4n) is 2.91. The number of nitrogens with two attached hydrogens (primary N) is 1. The van der Waals surface area contributed by atoms with E-state index in [1.807, 2.05) is 0 Å². The second-order valence-corrected chi connectivity index (χ2v) is 7.08. The van der Waals surface area contributed by atoms with Gasteiger partial charge in [0.2, 0.25) is 0 Å². The van der Waals surface area contributed by atoms with Crippen molar-refractivity contribution in [1.82, 2.24) is 0 Å². The van der Waals surface area contributed by atoms with Crippen LogP contribution in [0.25, 0.3) is 12.2 Å². The Bertz CT molecular complexity index is 1100. The summed E-state index contributed by atoms with van der Waals surface area (Å²) < 4.78 is 10.1. The molecule has 1 unspecified atom stereocenters. The smallest absolute Gasteiger partial charge is 0.320 e. The number of carbonyl (C=O) groups excluding carboxylic acids is 2. The number of hydrogen-bond donors (Lipinski definition) is 4. The lowest BCUT2D eigenvalue weighted by molar-refractivity contribution is -0.138. The largest absolute Gasteiger partial charge is 0.504 e. The van der Waals surface area contributed by atoms with Gasteiger partial charge in [0.25, 0.3) is 0 Å². The van der Waals surface area contributed by atoms with Gasteiger partial charge in [-0.3, -0.25) is 14.4 Å². The van der Waals surface area contributed by atoms with Gasteiger partial charge in [0.15, 0.2) is 34.6 Å². The maximum atomic E-state index is 12.3. The van der Waals surface area contributed by atoms with Gasteiger partial charge in [0.1, 0.15) is 6.04 Å². The van der Waals surface area contributed by atoms with E-state index in [1.54, 1.807) is 12.1 Å². The first-order valence-electron chi connectivity index (χ1n) is 9.81. The van der Waals surface area contributed by atoms with Crippen molar-refractivity contribution in [1.29, 1.82) is 0 Å². The Hall–Kier alpha value is -4.11. The number of ketones is 2. The average Bonchev–Trinajstić information content (AvgIpc) is 2.77. The number of phenolic OH excluding ortho intramolecular Hbond substituents is 2. The molecule has 2 aromatic rings. The lowest BCUT2D eigenvalue weighted by Crippen LogP contribution is -2.32. The third-order valence-electron chi connectivity index (χ3n) is 4.66. The van der Waals surface area contributed by atoms with Crippen molar-refractivity contribution < 1.29 is 39.2 Å². The van der Waals surface area contributed by atoms with Crippen LogP contribution in [0.3, 0.4) is 0 Å². The third-order valence-corrected chi connectivity index (χ3v) is 4.66. The van der Waals surface area contributed by atoms with Crippen LogP contribution in [0, 0.1) is 0 Å². The highest BCUT2D eigenvalue weighted by Crippen LogP contribution is 2.31. The topological polar surface area (TPSA) is 156 Å². The maximum Gasteiger partial charge on any atom is 0.320 e. The van der Waals surface area contributed by atoms with E-state index >= 15 is 0 Å². The van der Waals surface area contributed by atoms with Gasteiger partial charge < -0.3 is 30.5 Å². The molecule has 0 saturated carbocycles. The Morgan fingerprint density at radius 3 is 2.15 bits per heavy atom. The number of benzene rings is 2. The number of carboxylic acids is 1. The summed E-state index contributed by atoms with van der Waals surface area (Å²) >= 11 is 0. The van der Waals surface area contributed by atoms with Gasteiger partial charge in [0, 0.05) is 0 Å². The Morgan fingerprint density at radius 2 is 1.55 bits per heavy atom. The molecule has 2 aromatic carbocycles. The highest BCUT2D eigenvalue weighted by atomic mass is 16.5. The van der Waals surface area contributed by atoms with Gasteiger partial charge in [-0.1, -0.05) is 18.2 Å². The van der Waals surface area contributed by atoms with Crippen LogP contribution in [-0.2, 0) is 20.8 Å². The molecule has 0 aliphatic rings. The standard InChI is InChI=1S/C24H25NO8/c1-32-22-9-14(4-8-20(22)28)3-6-17(26)13-18(27)7-5-15-12-23(33-2)21(29)11-16(15)10-19(25)24(30)31/h3-9,11-12,19,28-29H,10,13,25H2,1-2H3,(H,30,31)/b6-3+,7-5+. The first-order valence-corrected chi connectivity index (χ1v) is 9.81. The number of aliphatic carboxylic acids is 1. The fraction of sp³-hybridized carbons (Fsp3) is 0.208. The normalized spacial score (nSPS) is 12.1. The van der Waals surface area contributed by atoms with Crippen LogP contribution >= 0.6 is 0 Å². The molecule has 2 rings (SSSR count). The molecule has 0 bridgehead atoms. The molecule has 5 N–H and O–H groups in total. The Labute approximate surface area is 190 Å². The molecular formula is C24H25NO8. The minimum atomic E-state index is -1.21. The minimum Gasteiger partial charge on any atom is -0.504 e. The molecule has 0 aromatic heterocycles. The van der Waals surface area contributed by atoms with Crippen molar-refractivity contribution in [2.75, 3.05) is 14.2 Å². The summed E-state index contributed by atoms with van der Waals surface area (Å²) in [6, 6.07) is 6.13. The second kappa shape index (κ2) is 11.5. The summed E-state index contributed by atoms with van der Waals surface area (Å²) in [6.45, 7) is 0. The van der Waals surface area contributed by atoms with E-state index in [0.29, 0.717) is 16.7 Å². The van der Waals surface area contributed by atoms with E-state index in [4.69, 9.17) is 20.3 Å². The van der Waals surface area contributed by atoms with Crippen LogP contribution < -0.4 is 15.2 Å². The summed E-state index contributed by atoms with van der Waals surface area (Å²) in [6.07, 6.45) is 4.88. The van der Waals surface area contributed by atoms with Crippen molar-refractivity contribution in [3.05, 3.63) is 59.2 Å². The van der Waals surface area contributed by atoms with E-state index in [1.165, 1.54) is 56.7 Å². The number of rotatable bonds is 11. The second-order valence-electron chi connectivity index (χ2n) is 7.08. The van der Waals surface area contributed by atoms with Crippen LogP contribution in [-0.4, -0.2) is 53.1 Å². The summed E-state index contributed by atoms with van der Waals surface area (Å²) in [4.78, 5) is 35.5. The van der Waals surface area contributed by atoms with Gasteiger partial charge >= 0.3 is 5.97 Å². The number of hydrogen-bond acceptors (Lipinski definition) is 8. The van der Waals surface area contributed by atoms with Crippen LogP contribution in [0.4, 0.5) is 0 Å². The lowest BCUT2D eigenvalue weighted by atomic mass is 9.98. The number of phenols is 2. The average molecular weight is 455 g/mol. The van der Waals surface area contributed by atoms with Crippen molar-refractivity contribution >= 4 is 29.7 Å². The molecule has 0 amide bonds. The van der Waals surface area contributed by atoms with E-state index < -0.39 is 23.6 Å². The van der Waals surface area contributed by atoms with Crippen LogP contribution in [0.2, 0.25) is 0 Å². The monoisotopic (exact) mass is 455 g/mol. The fourth-order valence-corrected chi connectivity index (χ4v) is 2.91. The predicted molar refractivity (Wildman–Crippen MR) is 121 cm³/mol. The van der Waals surface area contributed by atoms with Crippen molar-refractivity contribution in [2.45, 2.75) is 18.9 Å². The Morgan fingerprint density at radius 1 is 0.939 bits per heavy atom. The molecule has 0 heterocycles. The predicted octanol–water partition coefficient (Wildman–Crippen LogP) is 2.32. The summed E-state index contributed by atoms with van der Waals surface area (Å²) in [5, 5.41) is 28.6. The van der Waals surface area contributed by atoms with Crippen molar-refractivity contribution in [2.24, 2.45) is 5.73 Å². The molecule has 0 fully saturated rings. The molecule has 0 radical (unpaired) electrons. The maximum absolute atomic E-state index is 12.3. The molecule has 0 aliphatic heterocycles. The van der Waals surface area contributed by atoms with E-state index in [-0.39, 0.29) is 35.8 Å². The molecule has 9 nitrogen and oxygen atoms in total. The molecule has 1 atom stereocenters. The summed E-state index contributed by atoms with van der Waals surface area (Å²) in [5.74, 6) is -1.96. The molecule has 9 heteroatoms. The third kappa shape index (κ3) is 7.22. The molecular weight excluding hydrogens is 430 g/mol. The van der Waals surface area contributed by atoms with Gasteiger partial charge in [-0.15, -0.1) is 0 Å². The minimum absolute atomic E-state index is 0.0316. The summed E-state index contributed by atoms with van der Waals surface area (Å²) in [5.41, 5.74) is 7.03. The number of carbonyl (C=O) groups is 3. The first-order chi connectivity index (χ1) is 15.6. The van der Waals surface area contributed by atoms with Crippen molar-refractivity contribution in [3.63, 3.8) is 0 Å². The zero-order chi connectivity index (χ0) is 24.5. The highest BCUT2D eigenvalue weighted by Gasteiger charge is 2.16. The SMILES string of the molecule is COc1cc(/C=C/C(=O)CC(=O)/C=C/c2cc(OC)c(O)cc2CC(N)C(=O)O)ccc1O. The van der Waals surface area contributed by atoms with Gasteiger partial charge in [-0.25, -0.2) is 0 Å². The van der Waals surface area contributed by atoms with Crippen LogP contribution in [0.15, 0.2) is 42.5 Å². The number of methoxy groups -OCH3 is 2. The van der Waals surface area contributed by atoms with Gasteiger partial charge in [-0.05, 0) is 59.5 Å². The quantitative estimate of drug-likeness (QED) is 0.295. The highest BCUT2D eigenvalue weighted by molar-refractivity contribution is 6.11. The molecule has 174 valence electrons. The Balaban J connectivity index is 2.12. The molecule has 0 saturated heterocycles. The first kappa shape index (κ1) is 25.2. The Kier molecular flexibility index (Phi) is 8.76. The van der Waals surface area contributed by atoms with Crippen LogP contribution in [0.1, 0.15) is 23.1 Å². The van der Waals surface area contributed by atoms with Crippen LogP contribution in [0.5, 0.6) is 23.0 Å². The van der Waals surface area contributed by atoms with Crippen molar-refractivity contribution in [3.8, 4) is 23.0 Å². The zero-order valence-electron chi connectivity index (χ0n) is 18.1. The summed E-state index contributed by atoms with van der Waals surface area (Å²) in [7, 11) is 2.76. The molecule has 0 aliphatic carbocycles. The number of allylic oxidation sites excluding steroid dienone is 2. The van der Waals surface area contributed by atoms with Gasteiger partial charge in [-0.2, -0.15) is 0 Å². The van der Waals surface area contributed by atoms with E-state index in [2.05, 4.69) is 0 Å². The van der Waals surface area contributed by atoms with E-state index in [0.717, 1.165) is 0 Å².